The molecule has 2 fully saturated rings. The molecule has 0 saturated carbocycles. The molecule has 0 aliphatic carbocycles. The number of likely N-dealkylation sites (N-methyl/N-ethyl adjacent to an activating group) is 2. The van der Waals surface area contributed by atoms with E-state index in [2.05, 4.69) is 14.1 Å². The maximum atomic E-state index is 5.46. The molecule has 2 aliphatic rings. The zero-order valence-corrected chi connectivity index (χ0v) is 11.1. The summed E-state index contributed by atoms with van der Waals surface area (Å²) in [4.78, 5) is 0. The predicted molar refractivity (Wildman–Crippen MR) is 66.2 cm³/mol. The normalized spacial score (nSPS) is 28.9. The van der Waals surface area contributed by atoms with Crippen LogP contribution in [0.15, 0.2) is 0 Å². The van der Waals surface area contributed by atoms with Gasteiger partial charge in [0, 0.05) is 0 Å². The Kier molecular flexibility index (Phi) is 3.88. The Bertz CT molecular complexity index is 194. The van der Waals surface area contributed by atoms with Gasteiger partial charge in [0.25, 0.3) is 0 Å². The molecule has 0 radical (unpaired) electrons. The van der Waals surface area contributed by atoms with Crippen molar-refractivity contribution in [2.24, 2.45) is 0 Å². The number of nitrogens with zero attached hydrogens (tertiary/aromatic N) is 2. The molecule has 0 aromatic rings. The smallest absolute Gasteiger partial charge is 0.128 e. The molecule has 0 N–H and O–H groups in total. The minimum absolute atomic E-state index is 0.959. The van der Waals surface area contributed by atoms with Gasteiger partial charge in [0.1, 0.15) is 26.2 Å². The second-order valence-corrected chi connectivity index (χ2v) is 6.25. The number of ether oxygens (including phenoxy) is 1. The summed E-state index contributed by atoms with van der Waals surface area (Å²) >= 11 is 0. The van der Waals surface area contributed by atoms with Crippen LogP contribution in [0.3, 0.4) is 0 Å². The second kappa shape index (κ2) is 5.03. The Morgan fingerprint density at radius 1 is 0.750 bits per heavy atom. The number of rotatable bonds is 3. The van der Waals surface area contributed by atoms with E-state index in [1.165, 1.54) is 67.5 Å². The lowest BCUT2D eigenvalue weighted by Gasteiger charge is -2.43. The SMILES string of the molecule is C[N+]1(CC[N+]2(C)CCOCC2)CCCCC1. The van der Waals surface area contributed by atoms with Gasteiger partial charge in [0.05, 0.1) is 40.4 Å². The van der Waals surface area contributed by atoms with Crippen molar-refractivity contribution >= 4 is 0 Å². The Morgan fingerprint density at radius 2 is 1.25 bits per heavy atom. The third kappa shape index (κ3) is 3.19. The first-order valence-corrected chi connectivity index (χ1v) is 6.87. The van der Waals surface area contributed by atoms with Crippen LogP contribution in [0.2, 0.25) is 0 Å². The Labute approximate surface area is 100 Å². The highest BCUT2D eigenvalue weighted by atomic mass is 16.5. The van der Waals surface area contributed by atoms with Crippen LogP contribution in [0.25, 0.3) is 0 Å². The van der Waals surface area contributed by atoms with E-state index >= 15 is 0 Å². The van der Waals surface area contributed by atoms with E-state index < -0.39 is 0 Å². The van der Waals surface area contributed by atoms with Crippen LogP contribution in [0, 0.1) is 0 Å². The molecule has 0 amide bonds. The molecule has 3 heteroatoms. The van der Waals surface area contributed by atoms with Gasteiger partial charge in [-0.2, -0.15) is 0 Å². The lowest BCUT2D eigenvalue weighted by atomic mass is 10.1. The molecule has 0 spiro atoms. The fraction of sp³-hybridized carbons (Fsp3) is 1.00. The summed E-state index contributed by atoms with van der Waals surface area (Å²) in [7, 11) is 4.85. The zero-order chi connectivity index (χ0) is 11.5. The van der Waals surface area contributed by atoms with Crippen molar-refractivity contribution in [1.29, 1.82) is 0 Å². The zero-order valence-electron chi connectivity index (χ0n) is 11.1. The molecule has 0 aromatic heterocycles. The second-order valence-electron chi connectivity index (χ2n) is 6.25. The first-order chi connectivity index (χ1) is 7.62. The van der Waals surface area contributed by atoms with Gasteiger partial charge < -0.3 is 13.7 Å². The van der Waals surface area contributed by atoms with Crippen molar-refractivity contribution < 1.29 is 13.7 Å². The van der Waals surface area contributed by atoms with E-state index in [-0.39, 0.29) is 0 Å². The Hall–Kier alpha value is -0.120. The first kappa shape index (κ1) is 12.3. The van der Waals surface area contributed by atoms with Crippen LogP contribution in [-0.4, -0.2) is 75.5 Å². The fourth-order valence-corrected chi connectivity index (χ4v) is 2.99. The number of morpholine rings is 1. The van der Waals surface area contributed by atoms with Gasteiger partial charge in [0.2, 0.25) is 0 Å². The minimum Gasteiger partial charge on any atom is -0.370 e. The quantitative estimate of drug-likeness (QED) is 0.657. The average molecular weight is 228 g/mol. The summed E-state index contributed by atoms with van der Waals surface area (Å²) in [5, 5.41) is 0. The van der Waals surface area contributed by atoms with Crippen LogP contribution in [0.5, 0.6) is 0 Å². The third-order valence-corrected chi connectivity index (χ3v) is 4.63. The largest absolute Gasteiger partial charge is 0.370 e. The van der Waals surface area contributed by atoms with Crippen LogP contribution in [-0.2, 0) is 4.74 Å². The monoisotopic (exact) mass is 228 g/mol. The number of hydrogen-bond donors (Lipinski definition) is 0. The summed E-state index contributed by atoms with van der Waals surface area (Å²) in [6.45, 7) is 9.82. The number of likely N-dealkylation sites (tertiary alicyclic amines) is 1. The summed E-state index contributed by atoms with van der Waals surface area (Å²) in [5.41, 5.74) is 0. The van der Waals surface area contributed by atoms with E-state index in [0.29, 0.717) is 0 Å². The molecule has 2 aliphatic heterocycles. The van der Waals surface area contributed by atoms with Gasteiger partial charge in [-0.1, -0.05) is 0 Å². The lowest BCUT2D eigenvalue weighted by Crippen LogP contribution is -2.59. The Balaban J connectivity index is 1.80. The molecule has 94 valence electrons. The summed E-state index contributed by atoms with van der Waals surface area (Å²) in [5.74, 6) is 0. The van der Waals surface area contributed by atoms with Crippen LogP contribution in [0.1, 0.15) is 19.3 Å². The van der Waals surface area contributed by atoms with Crippen molar-refractivity contribution in [3.8, 4) is 0 Å². The molecule has 2 heterocycles. The third-order valence-electron chi connectivity index (χ3n) is 4.63. The van der Waals surface area contributed by atoms with Crippen molar-refractivity contribution in [1.82, 2.24) is 0 Å². The highest BCUT2D eigenvalue weighted by Crippen LogP contribution is 2.17. The van der Waals surface area contributed by atoms with E-state index in [0.717, 1.165) is 13.2 Å². The number of piperidine rings is 1. The standard InChI is InChI=1S/C13H28N2O/c1-14(6-4-3-5-7-14)8-9-15(2)10-12-16-13-11-15/h3-13H2,1-2H3/q+2. The molecular formula is C13H28N2O+2. The van der Waals surface area contributed by atoms with Gasteiger partial charge in [-0.15, -0.1) is 0 Å². The van der Waals surface area contributed by atoms with E-state index in [4.69, 9.17) is 4.74 Å². The molecule has 2 rings (SSSR count). The molecule has 16 heavy (non-hydrogen) atoms. The average Bonchev–Trinajstić information content (AvgIpc) is 2.29. The molecule has 0 atom stereocenters. The summed E-state index contributed by atoms with van der Waals surface area (Å²) in [6.07, 6.45) is 4.32. The van der Waals surface area contributed by atoms with E-state index in [1.54, 1.807) is 0 Å². The lowest BCUT2D eigenvalue weighted by molar-refractivity contribution is -0.968. The fourth-order valence-electron chi connectivity index (χ4n) is 2.99. The number of quaternary nitrogens is 2. The predicted octanol–water partition coefficient (Wildman–Crippen LogP) is 1.09. The van der Waals surface area contributed by atoms with Crippen molar-refractivity contribution in [3.63, 3.8) is 0 Å². The first-order valence-electron chi connectivity index (χ1n) is 6.87. The Morgan fingerprint density at radius 3 is 1.81 bits per heavy atom. The molecule has 0 bridgehead atoms. The molecule has 0 aromatic carbocycles. The van der Waals surface area contributed by atoms with Gasteiger partial charge in [-0.05, 0) is 19.3 Å². The maximum Gasteiger partial charge on any atom is 0.128 e. The van der Waals surface area contributed by atoms with Gasteiger partial charge in [-0.3, -0.25) is 0 Å². The highest BCUT2D eigenvalue weighted by molar-refractivity contribution is 4.53. The van der Waals surface area contributed by atoms with Crippen molar-refractivity contribution in [2.45, 2.75) is 19.3 Å². The van der Waals surface area contributed by atoms with Gasteiger partial charge >= 0.3 is 0 Å². The molecule has 2 saturated heterocycles. The number of hydrogen-bond acceptors (Lipinski definition) is 1. The van der Waals surface area contributed by atoms with Crippen molar-refractivity contribution in [3.05, 3.63) is 0 Å². The summed E-state index contributed by atoms with van der Waals surface area (Å²) in [6, 6.07) is 0. The van der Waals surface area contributed by atoms with Crippen LogP contribution >= 0.6 is 0 Å². The minimum atomic E-state index is 0.959. The highest BCUT2D eigenvalue weighted by Gasteiger charge is 2.31. The van der Waals surface area contributed by atoms with Gasteiger partial charge in [0.15, 0.2) is 0 Å². The molecule has 3 nitrogen and oxygen atoms in total. The topological polar surface area (TPSA) is 9.23 Å². The summed E-state index contributed by atoms with van der Waals surface area (Å²) < 4.78 is 8.01. The van der Waals surface area contributed by atoms with E-state index in [9.17, 15) is 0 Å². The molecular weight excluding hydrogens is 200 g/mol. The van der Waals surface area contributed by atoms with Gasteiger partial charge in [-0.25, -0.2) is 0 Å². The van der Waals surface area contributed by atoms with Crippen LogP contribution < -0.4 is 0 Å². The molecule has 0 unspecified atom stereocenters. The van der Waals surface area contributed by atoms with Crippen molar-refractivity contribution in [2.75, 3.05) is 66.6 Å². The van der Waals surface area contributed by atoms with E-state index in [1.807, 2.05) is 0 Å². The maximum absolute atomic E-state index is 5.46. The van der Waals surface area contributed by atoms with Crippen LogP contribution in [0.4, 0.5) is 0 Å².